The molecule has 0 unspecified atom stereocenters. The SMILES string of the molecule is O=C(NCc1cc(F)cc(C(F)(F)F)c1)Nc1ccccc1OC(F)(F)F. The van der Waals surface area contributed by atoms with Gasteiger partial charge in [-0.25, -0.2) is 9.18 Å². The summed E-state index contributed by atoms with van der Waals surface area (Å²) < 4.78 is 91.9. The van der Waals surface area contributed by atoms with E-state index in [4.69, 9.17) is 0 Å². The Hall–Kier alpha value is -2.98. The lowest BCUT2D eigenvalue weighted by Crippen LogP contribution is -2.29. The lowest BCUT2D eigenvalue weighted by atomic mass is 10.1. The third-order valence-corrected chi connectivity index (χ3v) is 3.10. The number of carbonyl (C=O) groups excluding carboxylic acids is 1. The van der Waals surface area contributed by atoms with Crippen molar-refractivity contribution in [2.75, 3.05) is 5.32 Å². The molecule has 4 nitrogen and oxygen atoms in total. The summed E-state index contributed by atoms with van der Waals surface area (Å²) in [6.07, 6.45) is -9.75. The van der Waals surface area contributed by atoms with E-state index < -0.39 is 42.2 Å². The molecule has 0 aliphatic carbocycles. The van der Waals surface area contributed by atoms with Gasteiger partial charge in [0.25, 0.3) is 0 Å². The Balaban J connectivity index is 2.05. The summed E-state index contributed by atoms with van der Waals surface area (Å²) in [4.78, 5) is 11.8. The van der Waals surface area contributed by atoms with Crippen molar-refractivity contribution in [2.24, 2.45) is 0 Å². The average molecular weight is 396 g/mol. The van der Waals surface area contributed by atoms with Crippen LogP contribution in [-0.4, -0.2) is 12.4 Å². The molecule has 0 fully saturated rings. The fourth-order valence-electron chi connectivity index (χ4n) is 2.05. The topological polar surface area (TPSA) is 50.4 Å². The van der Waals surface area contributed by atoms with Gasteiger partial charge in [-0.15, -0.1) is 13.2 Å². The van der Waals surface area contributed by atoms with Crippen LogP contribution in [0.1, 0.15) is 11.1 Å². The summed E-state index contributed by atoms with van der Waals surface area (Å²) in [6.45, 7) is -0.491. The summed E-state index contributed by atoms with van der Waals surface area (Å²) >= 11 is 0. The molecule has 0 aliphatic heterocycles. The maximum atomic E-state index is 13.3. The van der Waals surface area contributed by atoms with Crippen molar-refractivity contribution in [1.82, 2.24) is 5.32 Å². The molecule has 0 radical (unpaired) electrons. The molecule has 0 aromatic heterocycles. The number of hydrogen-bond acceptors (Lipinski definition) is 2. The fraction of sp³-hybridized carbons (Fsp3) is 0.188. The zero-order chi connectivity index (χ0) is 20.2. The Morgan fingerprint density at radius 1 is 1.00 bits per heavy atom. The van der Waals surface area contributed by atoms with Crippen LogP contribution in [0.25, 0.3) is 0 Å². The van der Waals surface area contributed by atoms with Gasteiger partial charge in [0.15, 0.2) is 5.75 Å². The Morgan fingerprint density at radius 2 is 1.67 bits per heavy atom. The van der Waals surface area contributed by atoms with Crippen molar-refractivity contribution in [3.63, 3.8) is 0 Å². The highest BCUT2D eigenvalue weighted by molar-refractivity contribution is 5.90. The van der Waals surface area contributed by atoms with Crippen molar-refractivity contribution < 1.29 is 40.3 Å². The number of amides is 2. The van der Waals surface area contributed by atoms with Crippen molar-refractivity contribution in [3.8, 4) is 5.75 Å². The van der Waals surface area contributed by atoms with E-state index in [-0.39, 0.29) is 11.3 Å². The Bertz CT molecular complexity index is 819. The molecule has 2 amide bonds. The van der Waals surface area contributed by atoms with Gasteiger partial charge in [0.2, 0.25) is 0 Å². The number of carbonyl (C=O) groups is 1. The second-order valence-corrected chi connectivity index (χ2v) is 5.20. The second kappa shape index (κ2) is 7.72. The van der Waals surface area contributed by atoms with Crippen molar-refractivity contribution in [3.05, 3.63) is 59.4 Å². The van der Waals surface area contributed by atoms with Crippen LogP contribution in [-0.2, 0) is 12.7 Å². The first-order chi connectivity index (χ1) is 12.4. The number of para-hydroxylation sites is 2. The lowest BCUT2D eigenvalue weighted by Gasteiger charge is -2.14. The molecule has 0 heterocycles. The predicted molar refractivity (Wildman–Crippen MR) is 80.4 cm³/mol. The lowest BCUT2D eigenvalue weighted by molar-refractivity contribution is -0.274. The molecule has 0 aliphatic rings. The summed E-state index contributed by atoms with van der Waals surface area (Å²) in [7, 11) is 0. The summed E-state index contributed by atoms with van der Waals surface area (Å²) in [6, 6.07) is 5.38. The number of ether oxygens (including phenoxy) is 1. The molecule has 27 heavy (non-hydrogen) atoms. The number of halogens is 7. The van der Waals surface area contributed by atoms with Crippen LogP contribution in [0.3, 0.4) is 0 Å². The maximum Gasteiger partial charge on any atom is 0.573 e. The first kappa shape index (κ1) is 20.3. The van der Waals surface area contributed by atoms with Gasteiger partial charge < -0.3 is 15.4 Å². The third kappa shape index (κ3) is 6.35. The third-order valence-electron chi connectivity index (χ3n) is 3.10. The van der Waals surface area contributed by atoms with Crippen molar-refractivity contribution in [2.45, 2.75) is 19.1 Å². The van der Waals surface area contributed by atoms with Crippen LogP contribution in [0.4, 0.5) is 41.2 Å². The Kier molecular flexibility index (Phi) is 5.82. The molecule has 2 N–H and O–H groups in total. The predicted octanol–water partition coefficient (Wildman–Crippen LogP) is 5.06. The standard InChI is InChI=1S/C16H11F7N2O2/c17-11-6-9(5-10(7-11)15(18,19)20)8-24-14(26)25-12-3-1-2-4-13(12)27-16(21,22)23/h1-7H,8H2,(H2,24,25,26). The van der Waals surface area contributed by atoms with Crippen molar-refractivity contribution in [1.29, 1.82) is 0 Å². The number of urea groups is 1. The summed E-state index contributed by atoms with van der Waals surface area (Å²) in [5.74, 6) is -1.82. The van der Waals surface area contributed by atoms with E-state index in [1.165, 1.54) is 12.1 Å². The minimum absolute atomic E-state index is 0.183. The monoisotopic (exact) mass is 396 g/mol. The van der Waals surface area contributed by atoms with Crippen LogP contribution in [0.5, 0.6) is 5.75 Å². The average Bonchev–Trinajstić information content (AvgIpc) is 2.52. The first-order valence-corrected chi connectivity index (χ1v) is 7.20. The zero-order valence-electron chi connectivity index (χ0n) is 13.2. The largest absolute Gasteiger partial charge is 0.573 e. The van der Waals surface area contributed by atoms with Crippen LogP contribution >= 0.6 is 0 Å². The molecule has 11 heteroatoms. The highest BCUT2D eigenvalue weighted by atomic mass is 19.4. The molecule has 0 bridgehead atoms. The molecule has 146 valence electrons. The first-order valence-electron chi connectivity index (χ1n) is 7.20. The van der Waals surface area contributed by atoms with E-state index in [0.717, 1.165) is 18.2 Å². The summed E-state index contributed by atoms with van der Waals surface area (Å²) in [5, 5.41) is 4.19. The molecular formula is C16H11F7N2O2. The fourth-order valence-corrected chi connectivity index (χ4v) is 2.05. The minimum atomic E-state index is -4.98. The van der Waals surface area contributed by atoms with Gasteiger partial charge in [-0.05, 0) is 35.9 Å². The van der Waals surface area contributed by atoms with Crippen molar-refractivity contribution >= 4 is 11.7 Å². The van der Waals surface area contributed by atoms with E-state index in [1.54, 1.807) is 0 Å². The second-order valence-electron chi connectivity index (χ2n) is 5.20. The smallest absolute Gasteiger partial charge is 0.404 e. The minimum Gasteiger partial charge on any atom is -0.404 e. The number of benzene rings is 2. The number of alkyl halides is 6. The molecule has 0 spiro atoms. The van der Waals surface area contributed by atoms with Gasteiger partial charge in [0, 0.05) is 6.54 Å². The van der Waals surface area contributed by atoms with E-state index in [0.29, 0.717) is 12.1 Å². The van der Waals surface area contributed by atoms with Gasteiger partial charge in [0.05, 0.1) is 11.3 Å². The molecule has 2 aromatic carbocycles. The van der Waals surface area contributed by atoms with Gasteiger partial charge in [-0.3, -0.25) is 0 Å². The number of rotatable bonds is 4. The number of hydrogen-bond donors (Lipinski definition) is 2. The molecule has 2 rings (SSSR count). The number of nitrogens with one attached hydrogen (secondary N) is 2. The van der Waals surface area contributed by atoms with Gasteiger partial charge >= 0.3 is 18.6 Å². The van der Waals surface area contributed by atoms with E-state index in [1.807, 2.05) is 0 Å². The Labute approximate surface area is 147 Å². The normalized spacial score (nSPS) is 11.8. The van der Waals surface area contributed by atoms with Crippen LogP contribution in [0, 0.1) is 5.82 Å². The van der Waals surface area contributed by atoms with E-state index in [9.17, 15) is 35.5 Å². The van der Waals surface area contributed by atoms with E-state index in [2.05, 4.69) is 15.4 Å². The van der Waals surface area contributed by atoms with Crippen LogP contribution in [0.2, 0.25) is 0 Å². The van der Waals surface area contributed by atoms with E-state index >= 15 is 0 Å². The highest BCUT2D eigenvalue weighted by Gasteiger charge is 2.32. The molecule has 0 saturated carbocycles. The van der Waals surface area contributed by atoms with Gasteiger partial charge in [-0.2, -0.15) is 13.2 Å². The zero-order valence-corrected chi connectivity index (χ0v) is 13.2. The highest BCUT2D eigenvalue weighted by Crippen LogP contribution is 2.31. The van der Waals surface area contributed by atoms with Gasteiger partial charge in [0.1, 0.15) is 5.82 Å². The molecule has 0 atom stereocenters. The summed E-state index contributed by atoms with van der Waals surface area (Å²) in [5.41, 5.74) is -1.73. The van der Waals surface area contributed by atoms with Gasteiger partial charge in [-0.1, -0.05) is 12.1 Å². The molecule has 0 saturated heterocycles. The molecule has 2 aromatic rings. The number of anilines is 1. The van der Waals surface area contributed by atoms with Crippen LogP contribution in [0.15, 0.2) is 42.5 Å². The maximum absolute atomic E-state index is 13.3. The van der Waals surface area contributed by atoms with Crippen LogP contribution < -0.4 is 15.4 Å². The Morgan fingerprint density at radius 3 is 2.30 bits per heavy atom. The quantitative estimate of drug-likeness (QED) is 0.710. The molecular weight excluding hydrogens is 385 g/mol.